The summed E-state index contributed by atoms with van der Waals surface area (Å²) in [5, 5.41) is 3.28. The number of methoxy groups -OCH3 is 1. The summed E-state index contributed by atoms with van der Waals surface area (Å²) in [6, 6.07) is 1.85. The minimum atomic E-state index is -0.115. The third kappa shape index (κ3) is 2.61. The van der Waals surface area contributed by atoms with Gasteiger partial charge in [0.25, 0.3) is 5.56 Å². The van der Waals surface area contributed by atoms with Gasteiger partial charge in [-0.05, 0) is 26.2 Å². The van der Waals surface area contributed by atoms with Crippen molar-refractivity contribution < 1.29 is 4.74 Å². The summed E-state index contributed by atoms with van der Waals surface area (Å²) in [5.41, 5.74) is -0.115. The molecular weight excluding hydrogens is 206 g/mol. The summed E-state index contributed by atoms with van der Waals surface area (Å²) in [4.78, 5) is 18.1. The molecule has 1 saturated carbocycles. The monoisotopic (exact) mass is 223 g/mol. The Labute approximate surface area is 94.2 Å². The second-order valence-electron chi connectivity index (χ2n) is 4.23. The van der Waals surface area contributed by atoms with E-state index in [1.54, 1.807) is 14.0 Å². The molecule has 1 fully saturated rings. The first-order valence-corrected chi connectivity index (χ1v) is 5.54. The van der Waals surface area contributed by atoms with Crippen LogP contribution in [0.15, 0.2) is 10.9 Å². The average molecular weight is 223 g/mol. The fraction of sp³-hybridized carbons (Fsp3) is 0.636. The van der Waals surface area contributed by atoms with Gasteiger partial charge in [-0.1, -0.05) is 0 Å². The first-order valence-electron chi connectivity index (χ1n) is 5.54. The summed E-state index contributed by atoms with van der Waals surface area (Å²) in [6.07, 6.45) is 3.44. The molecule has 2 N–H and O–H groups in total. The van der Waals surface area contributed by atoms with E-state index < -0.39 is 0 Å². The first-order chi connectivity index (χ1) is 7.67. The summed E-state index contributed by atoms with van der Waals surface area (Å²) in [5.74, 6) is 1.29. The molecule has 1 aliphatic rings. The van der Waals surface area contributed by atoms with Crippen LogP contribution < -0.4 is 10.9 Å². The highest BCUT2D eigenvalue weighted by molar-refractivity contribution is 5.34. The van der Waals surface area contributed by atoms with E-state index >= 15 is 0 Å². The number of aromatic nitrogens is 2. The van der Waals surface area contributed by atoms with Gasteiger partial charge in [0.15, 0.2) is 0 Å². The lowest BCUT2D eigenvalue weighted by molar-refractivity contribution is 0.108. The molecule has 0 radical (unpaired) electrons. The lowest BCUT2D eigenvalue weighted by Gasteiger charge is -2.13. The van der Waals surface area contributed by atoms with E-state index in [9.17, 15) is 4.79 Å². The van der Waals surface area contributed by atoms with Crippen molar-refractivity contribution in [1.82, 2.24) is 9.97 Å². The summed E-state index contributed by atoms with van der Waals surface area (Å²) in [7, 11) is 1.74. The number of H-pyrrole nitrogens is 1. The Kier molecular flexibility index (Phi) is 3.24. The van der Waals surface area contributed by atoms with Crippen LogP contribution in [0.3, 0.4) is 0 Å². The Morgan fingerprint density at radius 3 is 3.00 bits per heavy atom. The van der Waals surface area contributed by atoms with Crippen molar-refractivity contribution >= 4 is 5.82 Å². The van der Waals surface area contributed by atoms with Gasteiger partial charge in [0.2, 0.25) is 0 Å². The highest BCUT2D eigenvalue weighted by atomic mass is 16.5. The summed E-state index contributed by atoms with van der Waals surface area (Å²) < 4.78 is 5.30. The third-order valence-corrected chi connectivity index (χ3v) is 2.93. The molecule has 1 aromatic heterocycles. The molecule has 2 unspecified atom stereocenters. The minimum absolute atomic E-state index is 0.115. The molecule has 88 valence electrons. The third-order valence-electron chi connectivity index (χ3n) is 2.93. The zero-order chi connectivity index (χ0) is 11.5. The van der Waals surface area contributed by atoms with Gasteiger partial charge in [0.05, 0.1) is 6.10 Å². The minimum Gasteiger partial charge on any atom is -0.381 e. The molecule has 0 aliphatic heterocycles. The lowest BCUT2D eigenvalue weighted by atomic mass is 10.2. The zero-order valence-corrected chi connectivity index (χ0v) is 9.62. The molecule has 0 aromatic carbocycles. The molecule has 2 rings (SSSR count). The Bertz CT molecular complexity index is 416. The van der Waals surface area contributed by atoms with Gasteiger partial charge in [-0.25, -0.2) is 4.98 Å². The van der Waals surface area contributed by atoms with Crippen molar-refractivity contribution in [2.75, 3.05) is 12.4 Å². The molecule has 0 saturated heterocycles. The van der Waals surface area contributed by atoms with Gasteiger partial charge < -0.3 is 15.0 Å². The van der Waals surface area contributed by atoms with E-state index in [0.29, 0.717) is 23.8 Å². The van der Waals surface area contributed by atoms with Gasteiger partial charge >= 0.3 is 0 Å². The Morgan fingerprint density at radius 1 is 1.56 bits per heavy atom. The maximum atomic E-state index is 11.2. The normalized spacial score (nSPS) is 24.6. The number of aromatic amines is 1. The van der Waals surface area contributed by atoms with E-state index in [4.69, 9.17) is 4.74 Å². The number of aryl methyl sites for hydroxylation is 1. The molecule has 0 amide bonds. The van der Waals surface area contributed by atoms with Crippen LogP contribution in [-0.4, -0.2) is 29.2 Å². The second-order valence-corrected chi connectivity index (χ2v) is 4.23. The molecular formula is C11H17N3O2. The van der Waals surface area contributed by atoms with Crippen molar-refractivity contribution in [3.05, 3.63) is 22.2 Å². The molecule has 5 heteroatoms. The van der Waals surface area contributed by atoms with Crippen LogP contribution >= 0.6 is 0 Å². The number of nitrogens with zero attached hydrogens (tertiary/aromatic N) is 1. The highest BCUT2D eigenvalue weighted by Crippen LogP contribution is 2.23. The Hall–Kier alpha value is -1.36. The quantitative estimate of drug-likeness (QED) is 0.804. The van der Waals surface area contributed by atoms with Crippen LogP contribution in [0.1, 0.15) is 25.1 Å². The van der Waals surface area contributed by atoms with Gasteiger partial charge in [-0.15, -0.1) is 0 Å². The van der Waals surface area contributed by atoms with E-state index in [0.717, 1.165) is 19.3 Å². The van der Waals surface area contributed by atoms with Crippen molar-refractivity contribution in [3.63, 3.8) is 0 Å². The van der Waals surface area contributed by atoms with E-state index in [1.807, 2.05) is 0 Å². The number of hydrogen-bond acceptors (Lipinski definition) is 4. The predicted octanol–water partition coefficient (Wildman–Crippen LogP) is 1.06. The maximum Gasteiger partial charge on any atom is 0.252 e. The Balaban J connectivity index is 2.02. The maximum absolute atomic E-state index is 11.2. The van der Waals surface area contributed by atoms with Gasteiger partial charge in [-0.2, -0.15) is 0 Å². The fourth-order valence-corrected chi connectivity index (χ4v) is 2.15. The zero-order valence-electron chi connectivity index (χ0n) is 9.62. The van der Waals surface area contributed by atoms with E-state index in [1.165, 1.54) is 6.07 Å². The van der Waals surface area contributed by atoms with Crippen molar-refractivity contribution in [2.24, 2.45) is 0 Å². The van der Waals surface area contributed by atoms with Crippen LogP contribution in [0.5, 0.6) is 0 Å². The van der Waals surface area contributed by atoms with Gasteiger partial charge in [0.1, 0.15) is 11.6 Å². The molecule has 5 nitrogen and oxygen atoms in total. The van der Waals surface area contributed by atoms with Crippen LogP contribution in [0, 0.1) is 6.92 Å². The van der Waals surface area contributed by atoms with E-state index in [2.05, 4.69) is 15.3 Å². The molecule has 1 heterocycles. The highest BCUT2D eigenvalue weighted by Gasteiger charge is 2.24. The van der Waals surface area contributed by atoms with Crippen LogP contribution in [0.4, 0.5) is 5.82 Å². The number of anilines is 1. The predicted molar refractivity (Wildman–Crippen MR) is 61.7 cm³/mol. The van der Waals surface area contributed by atoms with Gasteiger partial charge in [-0.3, -0.25) is 4.79 Å². The molecule has 1 aromatic rings. The molecule has 0 bridgehead atoms. The lowest BCUT2D eigenvalue weighted by Crippen LogP contribution is -2.20. The van der Waals surface area contributed by atoms with Crippen molar-refractivity contribution in [3.8, 4) is 0 Å². The van der Waals surface area contributed by atoms with Crippen molar-refractivity contribution in [2.45, 2.75) is 38.3 Å². The summed E-state index contributed by atoms with van der Waals surface area (Å²) in [6.45, 7) is 1.78. The standard InChI is InChI=1S/C11H17N3O2/c1-7-12-10(6-11(15)13-7)14-8-3-4-9(5-8)16-2/h6,8-9H,3-5H2,1-2H3,(H2,12,13,14,15). The summed E-state index contributed by atoms with van der Waals surface area (Å²) >= 11 is 0. The van der Waals surface area contributed by atoms with Gasteiger partial charge in [0, 0.05) is 19.2 Å². The largest absolute Gasteiger partial charge is 0.381 e. The fourth-order valence-electron chi connectivity index (χ4n) is 2.15. The van der Waals surface area contributed by atoms with E-state index in [-0.39, 0.29) is 5.56 Å². The van der Waals surface area contributed by atoms with Crippen LogP contribution in [-0.2, 0) is 4.74 Å². The SMILES string of the molecule is COC1CCC(Nc2cc(=O)[nH]c(C)n2)C1. The topological polar surface area (TPSA) is 67.0 Å². The molecule has 2 atom stereocenters. The smallest absolute Gasteiger partial charge is 0.252 e. The number of ether oxygens (including phenoxy) is 1. The molecule has 0 spiro atoms. The second kappa shape index (κ2) is 4.65. The Morgan fingerprint density at radius 2 is 2.38 bits per heavy atom. The van der Waals surface area contributed by atoms with Crippen LogP contribution in [0.2, 0.25) is 0 Å². The average Bonchev–Trinajstić information content (AvgIpc) is 2.64. The first kappa shape index (κ1) is 11.1. The number of rotatable bonds is 3. The molecule has 16 heavy (non-hydrogen) atoms. The van der Waals surface area contributed by atoms with Crippen LogP contribution in [0.25, 0.3) is 0 Å². The molecule has 1 aliphatic carbocycles. The van der Waals surface area contributed by atoms with Crippen molar-refractivity contribution in [1.29, 1.82) is 0 Å². The number of hydrogen-bond donors (Lipinski definition) is 2. The number of nitrogens with one attached hydrogen (secondary N) is 2.